The highest BCUT2D eigenvalue weighted by molar-refractivity contribution is 6.31. The highest BCUT2D eigenvalue weighted by atomic mass is 35.5. The fraction of sp³-hybridized carbons (Fsp3) is 0.368. The number of nitrogens with one attached hydrogen (secondary N) is 1. The van der Waals surface area contributed by atoms with E-state index in [2.05, 4.69) is 42.6 Å². The van der Waals surface area contributed by atoms with Crippen molar-refractivity contribution in [2.75, 3.05) is 7.05 Å². The van der Waals surface area contributed by atoms with Crippen LogP contribution in [0.1, 0.15) is 53.5 Å². The van der Waals surface area contributed by atoms with Crippen LogP contribution >= 0.6 is 11.6 Å². The van der Waals surface area contributed by atoms with E-state index in [1.807, 2.05) is 19.2 Å². The molecule has 0 radical (unpaired) electrons. The van der Waals surface area contributed by atoms with Gasteiger partial charge < -0.3 is 5.32 Å². The lowest BCUT2D eigenvalue weighted by Crippen LogP contribution is -2.22. The minimum Gasteiger partial charge on any atom is -0.309 e. The first-order valence-electron chi connectivity index (χ1n) is 7.73. The molecule has 0 saturated heterocycles. The van der Waals surface area contributed by atoms with Gasteiger partial charge in [0.15, 0.2) is 0 Å². The summed E-state index contributed by atoms with van der Waals surface area (Å²) in [5.41, 5.74) is 5.34. The third-order valence-corrected chi connectivity index (χ3v) is 5.17. The molecule has 3 rings (SSSR count). The number of rotatable bonds is 4. The molecule has 2 aromatic carbocycles. The van der Waals surface area contributed by atoms with Crippen LogP contribution in [0.4, 0.5) is 0 Å². The van der Waals surface area contributed by atoms with Gasteiger partial charge in [0.2, 0.25) is 0 Å². The predicted octanol–water partition coefficient (Wildman–Crippen LogP) is 5.22. The molecule has 110 valence electrons. The van der Waals surface area contributed by atoms with Crippen molar-refractivity contribution < 1.29 is 0 Å². The van der Waals surface area contributed by atoms with Gasteiger partial charge in [0.25, 0.3) is 0 Å². The Labute approximate surface area is 132 Å². The molecule has 0 heterocycles. The predicted molar refractivity (Wildman–Crippen MR) is 90.1 cm³/mol. The van der Waals surface area contributed by atoms with Crippen LogP contribution in [0.15, 0.2) is 42.5 Å². The van der Waals surface area contributed by atoms with Gasteiger partial charge in [0.05, 0.1) is 6.04 Å². The van der Waals surface area contributed by atoms with Crippen molar-refractivity contribution in [3.05, 3.63) is 69.7 Å². The standard InChI is InChI=1S/C19H22ClN/c1-13-15(11-6-12-18(13)20)19(21-2)17-10-4-3-9-16(17)14-7-5-8-14/h3-4,6,9-12,14,19,21H,5,7-8H2,1-2H3. The molecule has 0 aliphatic heterocycles. The van der Waals surface area contributed by atoms with Crippen molar-refractivity contribution in [2.24, 2.45) is 0 Å². The Morgan fingerprint density at radius 1 is 1.05 bits per heavy atom. The zero-order chi connectivity index (χ0) is 14.8. The summed E-state index contributed by atoms with van der Waals surface area (Å²) in [7, 11) is 2.03. The molecule has 0 bridgehead atoms. The van der Waals surface area contributed by atoms with Crippen molar-refractivity contribution in [3.63, 3.8) is 0 Å². The first-order chi connectivity index (χ1) is 10.2. The van der Waals surface area contributed by atoms with E-state index in [4.69, 9.17) is 11.6 Å². The molecule has 1 saturated carbocycles. The van der Waals surface area contributed by atoms with Gasteiger partial charge in [0, 0.05) is 5.02 Å². The summed E-state index contributed by atoms with van der Waals surface area (Å²) in [5, 5.41) is 4.33. The van der Waals surface area contributed by atoms with Crippen LogP contribution in [-0.2, 0) is 0 Å². The zero-order valence-corrected chi connectivity index (χ0v) is 13.5. The molecule has 1 aliphatic rings. The Bertz CT molecular complexity index is 631. The number of hydrogen-bond donors (Lipinski definition) is 1. The Morgan fingerprint density at radius 3 is 2.43 bits per heavy atom. The van der Waals surface area contributed by atoms with E-state index in [-0.39, 0.29) is 6.04 Å². The van der Waals surface area contributed by atoms with Gasteiger partial charge in [-0.1, -0.05) is 54.4 Å². The molecule has 1 fully saturated rings. The SMILES string of the molecule is CNC(c1ccccc1C1CCC1)c1cccc(Cl)c1C. The molecule has 2 aromatic rings. The van der Waals surface area contributed by atoms with Crippen molar-refractivity contribution >= 4 is 11.6 Å². The highest BCUT2D eigenvalue weighted by Gasteiger charge is 2.25. The van der Waals surface area contributed by atoms with E-state index < -0.39 is 0 Å². The fourth-order valence-electron chi connectivity index (χ4n) is 3.28. The maximum Gasteiger partial charge on any atom is 0.0580 e. The van der Waals surface area contributed by atoms with Crippen LogP contribution in [0.5, 0.6) is 0 Å². The van der Waals surface area contributed by atoms with Crippen LogP contribution in [0.25, 0.3) is 0 Å². The molecule has 1 atom stereocenters. The highest BCUT2D eigenvalue weighted by Crippen LogP contribution is 2.41. The molecule has 0 amide bonds. The Morgan fingerprint density at radius 2 is 1.76 bits per heavy atom. The minimum absolute atomic E-state index is 0.209. The summed E-state index contributed by atoms with van der Waals surface area (Å²) in [6, 6.07) is 15.3. The van der Waals surface area contributed by atoms with Gasteiger partial charge in [-0.3, -0.25) is 0 Å². The summed E-state index contributed by atoms with van der Waals surface area (Å²) in [6.45, 7) is 2.11. The van der Waals surface area contributed by atoms with Crippen LogP contribution in [-0.4, -0.2) is 7.05 Å². The van der Waals surface area contributed by atoms with E-state index >= 15 is 0 Å². The Hall–Kier alpha value is -1.31. The normalized spacial score (nSPS) is 16.5. The second kappa shape index (κ2) is 6.21. The smallest absolute Gasteiger partial charge is 0.0580 e. The second-order valence-electron chi connectivity index (χ2n) is 5.93. The monoisotopic (exact) mass is 299 g/mol. The molecule has 0 aromatic heterocycles. The van der Waals surface area contributed by atoms with Crippen LogP contribution in [0, 0.1) is 6.92 Å². The van der Waals surface area contributed by atoms with Gasteiger partial charge in [-0.25, -0.2) is 0 Å². The number of hydrogen-bond acceptors (Lipinski definition) is 1. The average molecular weight is 300 g/mol. The van der Waals surface area contributed by atoms with Gasteiger partial charge in [-0.2, -0.15) is 0 Å². The Balaban J connectivity index is 2.06. The second-order valence-corrected chi connectivity index (χ2v) is 6.34. The van der Waals surface area contributed by atoms with E-state index in [0.717, 1.165) is 10.9 Å². The molecule has 1 unspecified atom stereocenters. The van der Waals surface area contributed by atoms with Gasteiger partial charge in [-0.15, -0.1) is 0 Å². The van der Waals surface area contributed by atoms with E-state index in [1.165, 1.54) is 41.5 Å². The van der Waals surface area contributed by atoms with Crippen LogP contribution in [0.2, 0.25) is 5.02 Å². The summed E-state index contributed by atoms with van der Waals surface area (Å²) >= 11 is 6.32. The van der Waals surface area contributed by atoms with Crippen molar-refractivity contribution in [1.82, 2.24) is 5.32 Å². The summed E-state index contributed by atoms with van der Waals surface area (Å²) in [4.78, 5) is 0. The fourth-order valence-corrected chi connectivity index (χ4v) is 3.46. The van der Waals surface area contributed by atoms with Crippen molar-refractivity contribution in [2.45, 2.75) is 38.1 Å². The lowest BCUT2D eigenvalue weighted by atomic mass is 9.76. The maximum atomic E-state index is 6.32. The van der Waals surface area contributed by atoms with Gasteiger partial charge >= 0.3 is 0 Å². The average Bonchev–Trinajstić information content (AvgIpc) is 2.44. The molecule has 2 heteroatoms. The van der Waals surface area contributed by atoms with E-state index in [1.54, 1.807) is 0 Å². The molecule has 1 nitrogen and oxygen atoms in total. The number of benzene rings is 2. The van der Waals surface area contributed by atoms with Gasteiger partial charge in [-0.05, 0) is 61.1 Å². The summed E-state index contributed by atoms with van der Waals surface area (Å²) in [5.74, 6) is 0.733. The van der Waals surface area contributed by atoms with Crippen molar-refractivity contribution in [1.29, 1.82) is 0 Å². The van der Waals surface area contributed by atoms with Gasteiger partial charge in [0.1, 0.15) is 0 Å². The minimum atomic E-state index is 0.209. The zero-order valence-electron chi connectivity index (χ0n) is 12.7. The maximum absolute atomic E-state index is 6.32. The third kappa shape index (κ3) is 2.73. The third-order valence-electron chi connectivity index (χ3n) is 4.76. The van der Waals surface area contributed by atoms with Crippen LogP contribution in [0.3, 0.4) is 0 Å². The Kier molecular flexibility index (Phi) is 4.32. The topological polar surface area (TPSA) is 12.0 Å². The summed E-state index contributed by atoms with van der Waals surface area (Å²) < 4.78 is 0. The molecule has 1 aliphatic carbocycles. The summed E-state index contributed by atoms with van der Waals surface area (Å²) in [6.07, 6.45) is 4.00. The largest absolute Gasteiger partial charge is 0.309 e. The molecule has 1 N–H and O–H groups in total. The first-order valence-corrected chi connectivity index (χ1v) is 8.11. The quantitative estimate of drug-likeness (QED) is 0.815. The lowest BCUT2D eigenvalue weighted by molar-refractivity contribution is 0.415. The van der Waals surface area contributed by atoms with E-state index in [0.29, 0.717) is 0 Å². The number of halogens is 1. The van der Waals surface area contributed by atoms with E-state index in [9.17, 15) is 0 Å². The van der Waals surface area contributed by atoms with Crippen LogP contribution < -0.4 is 5.32 Å². The lowest BCUT2D eigenvalue weighted by Gasteiger charge is -2.31. The van der Waals surface area contributed by atoms with Crippen molar-refractivity contribution in [3.8, 4) is 0 Å². The molecule has 0 spiro atoms. The first kappa shape index (κ1) is 14.6. The molecule has 21 heavy (non-hydrogen) atoms. The molecular weight excluding hydrogens is 278 g/mol. The molecular formula is C19H22ClN.